The van der Waals surface area contributed by atoms with Gasteiger partial charge in [0.1, 0.15) is 0 Å². The fraction of sp³-hybridized carbons (Fsp3) is 0.414. The number of rotatable bonds is 4. The molecule has 3 nitrogen and oxygen atoms in total. The smallest absolute Gasteiger partial charge is 0.223 e. The number of nitrogens with one attached hydrogen (secondary N) is 1. The zero-order chi connectivity index (χ0) is 21.8. The number of piperidine rings is 1. The summed E-state index contributed by atoms with van der Waals surface area (Å²) >= 11 is 0. The summed E-state index contributed by atoms with van der Waals surface area (Å²) in [6.07, 6.45) is 13.8. The molecule has 0 atom stereocenters. The van der Waals surface area contributed by atoms with Crippen LogP contribution in [-0.4, -0.2) is 30.4 Å². The third-order valence-corrected chi connectivity index (χ3v) is 7.32. The minimum absolute atomic E-state index is 0.231. The van der Waals surface area contributed by atoms with Crippen LogP contribution in [0.5, 0.6) is 0 Å². The van der Waals surface area contributed by atoms with E-state index in [0.717, 1.165) is 38.9 Å². The fourth-order valence-electron chi connectivity index (χ4n) is 5.62. The maximum Gasteiger partial charge on any atom is 0.223 e. The van der Waals surface area contributed by atoms with E-state index in [1.54, 1.807) is 0 Å². The largest absolute Gasteiger partial charge is 0.373 e. The molecule has 1 heterocycles. The maximum atomic E-state index is 12.6. The molecular weight excluding hydrogens is 392 g/mol. The van der Waals surface area contributed by atoms with E-state index < -0.39 is 0 Å². The molecule has 2 aromatic carbocycles. The molecule has 0 bridgehead atoms. The summed E-state index contributed by atoms with van der Waals surface area (Å²) in [6, 6.07) is 17.5. The van der Waals surface area contributed by atoms with Crippen LogP contribution in [0.2, 0.25) is 0 Å². The highest BCUT2D eigenvalue weighted by Gasteiger charge is 2.25. The van der Waals surface area contributed by atoms with Crippen LogP contribution < -0.4 is 5.32 Å². The molecule has 1 aliphatic heterocycles. The number of hydrogen-bond acceptors (Lipinski definition) is 2. The lowest BCUT2D eigenvalue weighted by molar-refractivity contribution is -0.125. The number of nitrogens with zero attached hydrogens (tertiary/aromatic N) is 1. The molecule has 32 heavy (non-hydrogen) atoms. The van der Waals surface area contributed by atoms with Gasteiger partial charge in [-0.2, -0.15) is 0 Å². The summed E-state index contributed by atoms with van der Waals surface area (Å²) in [4.78, 5) is 15.2. The number of carbonyl (C=O) groups is 1. The SMILES string of the molecule is O=C(NCCN1CCCCC1=C1c2ccccc2C=Cc2ccccc21)C1CCCCC1. The molecule has 2 fully saturated rings. The van der Waals surface area contributed by atoms with Crippen LogP contribution in [0.15, 0.2) is 54.2 Å². The van der Waals surface area contributed by atoms with Crippen LogP contribution in [0, 0.1) is 5.92 Å². The van der Waals surface area contributed by atoms with Gasteiger partial charge in [0, 0.05) is 36.8 Å². The molecule has 3 heteroatoms. The van der Waals surface area contributed by atoms with Crippen LogP contribution in [0.4, 0.5) is 0 Å². The van der Waals surface area contributed by atoms with Crippen molar-refractivity contribution < 1.29 is 4.79 Å². The van der Waals surface area contributed by atoms with Gasteiger partial charge < -0.3 is 10.2 Å². The van der Waals surface area contributed by atoms with Gasteiger partial charge in [-0.1, -0.05) is 79.9 Å². The van der Waals surface area contributed by atoms with Gasteiger partial charge in [0.2, 0.25) is 5.91 Å². The number of hydrogen-bond donors (Lipinski definition) is 1. The Hall–Kier alpha value is -2.81. The van der Waals surface area contributed by atoms with Crippen molar-refractivity contribution in [3.05, 3.63) is 76.5 Å². The third-order valence-electron chi connectivity index (χ3n) is 7.32. The molecule has 1 saturated carbocycles. The van der Waals surface area contributed by atoms with Gasteiger partial charge in [-0.15, -0.1) is 0 Å². The molecule has 0 aromatic heterocycles. The van der Waals surface area contributed by atoms with E-state index in [1.807, 2.05) is 0 Å². The lowest BCUT2D eigenvalue weighted by atomic mass is 9.88. The number of carbonyl (C=O) groups excluding carboxylic acids is 1. The predicted molar refractivity (Wildman–Crippen MR) is 133 cm³/mol. The van der Waals surface area contributed by atoms with Crippen molar-refractivity contribution in [2.75, 3.05) is 19.6 Å². The van der Waals surface area contributed by atoms with Crippen LogP contribution in [0.1, 0.15) is 73.6 Å². The highest BCUT2D eigenvalue weighted by atomic mass is 16.1. The van der Waals surface area contributed by atoms with E-state index >= 15 is 0 Å². The summed E-state index contributed by atoms with van der Waals surface area (Å²) in [5, 5.41) is 3.26. The molecule has 166 valence electrons. The van der Waals surface area contributed by atoms with E-state index in [9.17, 15) is 4.79 Å². The van der Waals surface area contributed by atoms with Crippen molar-refractivity contribution in [3.63, 3.8) is 0 Å². The van der Waals surface area contributed by atoms with E-state index in [4.69, 9.17) is 0 Å². The Morgan fingerprint density at radius 2 is 1.50 bits per heavy atom. The summed E-state index contributed by atoms with van der Waals surface area (Å²) < 4.78 is 0. The van der Waals surface area contributed by atoms with Crippen molar-refractivity contribution in [3.8, 4) is 0 Å². The highest BCUT2D eigenvalue weighted by Crippen LogP contribution is 2.39. The van der Waals surface area contributed by atoms with E-state index in [1.165, 1.54) is 65.6 Å². The standard InChI is InChI=1S/C29H34N2O/c32-29(24-12-2-1-3-13-24)30-19-21-31-20-9-8-16-27(31)28-25-14-6-4-10-22(25)17-18-23-11-5-7-15-26(23)28/h4-7,10-11,14-15,17-18,24H,1-3,8-9,12-13,16,19-21H2,(H,30,32). The van der Waals surface area contributed by atoms with Gasteiger partial charge in [-0.05, 0) is 54.4 Å². The van der Waals surface area contributed by atoms with Gasteiger partial charge in [0.15, 0.2) is 0 Å². The molecule has 0 unspecified atom stereocenters. The zero-order valence-electron chi connectivity index (χ0n) is 19.0. The fourth-order valence-corrected chi connectivity index (χ4v) is 5.62. The summed E-state index contributed by atoms with van der Waals surface area (Å²) in [6.45, 7) is 2.68. The van der Waals surface area contributed by atoms with Crippen LogP contribution in [-0.2, 0) is 4.79 Å². The second-order valence-electron chi connectivity index (χ2n) is 9.40. The molecular formula is C29H34N2O. The summed E-state index contributed by atoms with van der Waals surface area (Å²) in [7, 11) is 0. The normalized spacial score (nSPS) is 18.7. The quantitative estimate of drug-likeness (QED) is 0.546. The number of allylic oxidation sites excluding steroid dienone is 1. The Morgan fingerprint density at radius 3 is 2.19 bits per heavy atom. The highest BCUT2D eigenvalue weighted by molar-refractivity contribution is 5.94. The molecule has 0 spiro atoms. The number of benzene rings is 2. The molecule has 3 aliphatic rings. The minimum atomic E-state index is 0.231. The average Bonchev–Trinajstić information content (AvgIpc) is 3.02. The second kappa shape index (κ2) is 9.77. The van der Waals surface area contributed by atoms with Gasteiger partial charge in [-0.25, -0.2) is 0 Å². The Kier molecular flexibility index (Phi) is 6.43. The molecule has 0 radical (unpaired) electrons. The van der Waals surface area contributed by atoms with Crippen molar-refractivity contribution in [1.29, 1.82) is 0 Å². The van der Waals surface area contributed by atoms with Crippen LogP contribution in [0.25, 0.3) is 17.7 Å². The van der Waals surface area contributed by atoms with Crippen molar-refractivity contribution in [2.45, 2.75) is 51.4 Å². The lowest BCUT2D eigenvalue weighted by Gasteiger charge is -2.35. The predicted octanol–water partition coefficient (Wildman–Crippen LogP) is 6.11. The van der Waals surface area contributed by atoms with Crippen molar-refractivity contribution >= 4 is 23.6 Å². The number of fused-ring (bicyclic) bond motifs is 2. The monoisotopic (exact) mass is 426 g/mol. The minimum Gasteiger partial charge on any atom is -0.373 e. The molecule has 1 N–H and O–H groups in total. The van der Waals surface area contributed by atoms with E-state index in [-0.39, 0.29) is 11.8 Å². The number of amides is 1. The van der Waals surface area contributed by atoms with E-state index in [2.05, 4.69) is 70.9 Å². The first-order valence-electron chi connectivity index (χ1n) is 12.4. The molecule has 2 aliphatic carbocycles. The molecule has 5 rings (SSSR count). The van der Waals surface area contributed by atoms with Crippen LogP contribution >= 0.6 is 0 Å². The van der Waals surface area contributed by atoms with Gasteiger partial charge in [0.05, 0.1) is 0 Å². The van der Waals surface area contributed by atoms with Gasteiger partial charge in [0.25, 0.3) is 0 Å². The second-order valence-corrected chi connectivity index (χ2v) is 9.40. The average molecular weight is 427 g/mol. The Labute approximate surface area is 192 Å². The van der Waals surface area contributed by atoms with Gasteiger partial charge in [-0.3, -0.25) is 4.79 Å². The Morgan fingerprint density at radius 1 is 0.844 bits per heavy atom. The maximum absolute atomic E-state index is 12.6. The molecule has 1 amide bonds. The summed E-state index contributed by atoms with van der Waals surface area (Å²) in [5.74, 6) is 0.500. The molecule has 1 saturated heterocycles. The lowest BCUT2D eigenvalue weighted by Crippen LogP contribution is -2.39. The molecule has 2 aromatic rings. The topological polar surface area (TPSA) is 32.3 Å². The van der Waals surface area contributed by atoms with E-state index in [0.29, 0.717) is 0 Å². The Bertz CT molecular complexity index is 977. The van der Waals surface area contributed by atoms with Crippen molar-refractivity contribution in [2.24, 2.45) is 5.92 Å². The first-order chi connectivity index (χ1) is 15.8. The summed E-state index contributed by atoms with van der Waals surface area (Å²) in [5.41, 5.74) is 8.01. The van der Waals surface area contributed by atoms with Gasteiger partial charge >= 0.3 is 0 Å². The first-order valence-corrected chi connectivity index (χ1v) is 12.4. The first kappa shape index (κ1) is 21.1. The third kappa shape index (κ3) is 4.39. The zero-order valence-corrected chi connectivity index (χ0v) is 19.0. The van der Waals surface area contributed by atoms with Crippen LogP contribution in [0.3, 0.4) is 0 Å². The Balaban J connectivity index is 1.43. The van der Waals surface area contributed by atoms with Crippen molar-refractivity contribution in [1.82, 2.24) is 10.2 Å². The number of likely N-dealkylation sites (tertiary alicyclic amines) is 1.